The van der Waals surface area contributed by atoms with Crippen molar-refractivity contribution in [2.24, 2.45) is 0 Å². The van der Waals surface area contributed by atoms with Crippen LogP contribution in [0.1, 0.15) is 22.3 Å². The Kier molecular flexibility index (Phi) is 9.63. The highest BCUT2D eigenvalue weighted by Gasteiger charge is 2.28. The van der Waals surface area contributed by atoms with Gasteiger partial charge in [-0.05, 0) is 22.3 Å². The van der Waals surface area contributed by atoms with E-state index in [1.165, 1.54) is 0 Å². The average Bonchev–Trinajstić information content (AvgIpc) is 2.90. The lowest BCUT2D eigenvalue weighted by Crippen LogP contribution is -2.43. The topological polar surface area (TPSA) is 60.9 Å². The van der Waals surface area contributed by atoms with E-state index in [2.05, 4.69) is 9.80 Å². The van der Waals surface area contributed by atoms with Crippen LogP contribution in [-0.4, -0.2) is 41.1 Å². The first-order valence-corrected chi connectivity index (χ1v) is 14.0. The smallest absolute Gasteiger partial charge is 0.270 e. The Bertz CT molecular complexity index is 1130. The third-order valence-corrected chi connectivity index (χ3v) is 7.48. The molecule has 0 radical (unpaired) electrons. The Morgan fingerprint density at radius 3 is 0.946 bits per heavy atom. The highest BCUT2D eigenvalue weighted by Crippen LogP contribution is 2.17. The standard InChI is InChI=1S/C31H34N2O3S/c34-37(35,36)31(25-32(21-27-13-5-1-6-14-27)22-28-15-7-2-8-16-28)26-33(23-29-17-9-3-10-18-29)24-30-19-11-4-12-20-30/h1-20,31H,21-26H2,(H,34,35,36). The van der Waals surface area contributed by atoms with E-state index in [0.29, 0.717) is 26.2 Å². The van der Waals surface area contributed by atoms with E-state index < -0.39 is 15.4 Å². The predicted molar refractivity (Wildman–Crippen MR) is 149 cm³/mol. The molecule has 0 unspecified atom stereocenters. The highest BCUT2D eigenvalue weighted by atomic mass is 32.2. The van der Waals surface area contributed by atoms with E-state index in [0.717, 1.165) is 22.3 Å². The normalized spacial score (nSPS) is 11.9. The summed E-state index contributed by atoms with van der Waals surface area (Å²) in [6.07, 6.45) is 0. The highest BCUT2D eigenvalue weighted by molar-refractivity contribution is 7.86. The van der Waals surface area contributed by atoms with Gasteiger partial charge < -0.3 is 0 Å². The molecule has 37 heavy (non-hydrogen) atoms. The molecule has 0 amide bonds. The minimum Gasteiger partial charge on any atom is -0.293 e. The van der Waals surface area contributed by atoms with Gasteiger partial charge in [-0.25, -0.2) is 0 Å². The van der Waals surface area contributed by atoms with Crippen LogP contribution in [0.4, 0.5) is 0 Å². The van der Waals surface area contributed by atoms with Gasteiger partial charge in [0, 0.05) is 39.3 Å². The Hall–Kier alpha value is -3.29. The van der Waals surface area contributed by atoms with Crippen molar-refractivity contribution in [3.8, 4) is 0 Å². The number of hydrogen-bond acceptors (Lipinski definition) is 4. The summed E-state index contributed by atoms with van der Waals surface area (Å²) in [5, 5.41) is -0.965. The van der Waals surface area contributed by atoms with Crippen LogP contribution in [0.15, 0.2) is 121 Å². The van der Waals surface area contributed by atoms with Crippen LogP contribution in [0.2, 0.25) is 0 Å². The first-order valence-electron chi connectivity index (χ1n) is 12.5. The zero-order valence-electron chi connectivity index (χ0n) is 20.9. The summed E-state index contributed by atoms with van der Waals surface area (Å²) < 4.78 is 35.8. The van der Waals surface area contributed by atoms with E-state index in [9.17, 15) is 13.0 Å². The van der Waals surface area contributed by atoms with Crippen molar-refractivity contribution in [2.75, 3.05) is 13.1 Å². The van der Waals surface area contributed by atoms with Gasteiger partial charge in [0.25, 0.3) is 10.1 Å². The average molecular weight is 515 g/mol. The second-order valence-corrected chi connectivity index (χ2v) is 11.1. The first-order chi connectivity index (χ1) is 18.0. The summed E-state index contributed by atoms with van der Waals surface area (Å²) in [5.74, 6) is 0. The molecular formula is C31H34N2O3S. The molecule has 0 saturated carbocycles. The van der Waals surface area contributed by atoms with Gasteiger partial charge in [-0.15, -0.1) is 0 Å². The number of nitrogens with zero attached hydrogens (tertiary/aromatic N) is 2. The number of hydrogen-bond donors (Lipinski definition) is 1. The van der Waals surface area contributed by atoms with Gasteiger partial charge in [-0.1, -0.05) is 121 Å². The van der Waals surface area contributed by atoms with E-state index in [1.807, 2.05) is 121 Å². The Morgan fingerprint density at radius 2 is 0.730 bits per heavy atom. The van der Waals surface area contributed by atoms with Crippen LogP contribution in [0, 0.1) is 0 Å². The van der Waals surface area contributed by atoms with Crippen molar-refractivity contribution >= 4 is 10.1 Å². The van der Waals surface area contributed by atoms with Gasteiger partial charge in [0.2, 0.25) is 0 Å². The molecule has 0 saturated heterocycles. The molecule has 192 valence electrons. The fourth-order valence-electron chi connectivity index (χ4n) is 4.56. The molecule has 0 aliphatic rings. The third-order valence-electron chi connectivity index (χ3n) is 6.34. The number of rotatable bonds is 13. The molecule has 0 atom stereocenters. The maximum atomic E-state index is 12.7. The molecule has 0 aliphatic carbocycles. The van der Waals surface area contributed by atoms with Crippen LogP contribution in [0.3, 0.4) is 0 Å². The van der Waals surface area contributed by atoms with Gasteiger partial charge in [-0.3, -0.25) is 14.4 Å². The maximum absolute atomic E-state index is 12.7. The van der Waals surface area contributed by atoms with E-state index in [-0.39, 0.29) is 13.1 Å². The summed E-state index contributed by atoms with van der Waals surface area (Å²) in [7, 11) is -4.31. The summed E-state index contributed by atoms with van der Waals surface area (Å²) in [4.78, 5) is 4.21. The minimum absolute atomic E-state index is 0.211. The molecule has 5 nitrogen and oxygen atoms in total. The van der Waals surface area contributed by atoms with Crippen molar-refractivity contribution in [3.05, 3.63) is 144 Å². The Morgan fingerprint density at radius 1 is 0.486 bits per heavy atom. The fraction of sp³-hybridized carbons (Fsp3) is 0.226. The quantitative estimate of drug-likeness (QED) is 0.234. The second-order valence-electron chi connectivity index (χ2n) is 9.42. The van der Waals surface area contributed by atoms with E-state index in [4.69, 9.17) is 0 Å². The zero-order valence-corrected chi connectivity index (χ0v) is 21.7. The zero-order chi connectivity index (χ0) is 25.9. The summed E-state index contributed by atoms with van der Waals surface area (Å²) in [6, 6.07) is 40.1. The number of benzene rings is 4. The molecular weight excluding hydrogens is 480 g/mol. The van der Waals surface area contributed by atoms with Crippen molar-refractivity contribution in [1.29, 1.82) is 0 Å². The monoisotopic (exact) mass is 514 g/mol. The summed E-state index contributed by atoms with van der Waals surface area (Å²) >= 11 is 0. The third kappa shape index (κ3) is 8.95. The Labute approximate surface area is 220 Å². The van der Waals surface area contributed by atoms with Crippen molar-refractivity contribution in [2.45, 2.75) is 31.4 Å². The van der Waals surface area contributed by atoms with E-state index >= 15 is 0 Å². The molecule has 4 rings (SSSR count). The lowest BCUT2D eigenvalue weighted by atomic mass is 10.1. The SMILES string of the molecule is O=S(=O)(O)C(CN(Cc1ccccc1)Cc1ccccc1)CN(Cc1ccccc1)Cc1ccccc1. The molecule has 0 spiro atoms. The first kappa shape index (κ1) is 26.8. The van der Waals surface area contributed by atoms with Crippen molar-refractivity contribution in [3.63, 3.8) is 0 Å². The molecule has 0 heterocycles. The van der Waals surface area contributed by atoms with Crippen LogP contribution in [0.25, 0.3) is 0 Å². The van der Waals surface area contributed by atoms with E-state index in [1.54, 1.807) is 0 Å². The van der Waals surface area contributed by atoms with Crippen LogP contribution in [0.5, 0.6) is 0 Å². The summed E-state index contributed by atoms with van der Waals surface area (Å²) in [6.45, 7) is 2.75. The summed E-state index contributed by atoms with van der Waals surface area (Å²) in [5.41, 5.74) is 4.38. The molecule has 0 fully saturated rings. The fourth-order valence-corrected chi connectivity index (χ4v) is 5.36. The molecule has 4 aromatic carbocycles. The van der Waals surface area contributed by atoms with Crippen LogP contribution < -0.4 is 0 Å². The van der Waals surface area contributed by atoms with Gasteiger partial charge in [0.05, 0.1) is 0 Å². The largest absolute Gasteiger partial charge is 0.293 e. The Balaban J connectivity index is 1.58. The van der Waals surface area contributed by atoms with Crippen molar-refractivity contribution < 1.29 is 13.0 Å². The van der Waals surface area contributed by atoms with Crippen LogP contribution in [-0.2, 0) is 36.3 Å². The lowest BCUT2D eigenvalue weighted by molar-refractivity contribution is 0.205. The molecule has 4 aromatic rings. The predicted octanol–water partition coefficient (Wildman–Crippen LogP) is 5.65. The minimum atomic E-state index is -4.31. The maximum Gasteiger partial charge on any atom is 0.270 e. The second kappa shape index (κ2) is 13.3. The van der Waals surface area contributed by atoms with Crippen molar-refractivity contribution in [1.82, 2.24) is 9.80 Å². The molecule has 0 aliphatic heterocycles. The molecule has 0 bridgehead atoms. The van der Waals surface area contributed by atoms with Gasteiger partial charge in [0.15, 0.2) is 0 Å². The molecule has 1 N–H and O–H groups in total. The molecule has 6 heteroatoms. The van der Waals surface area contributed by atoms with Gasteiger partial charge in [-0.2, -0.15) is 8.42 Å². The lowest BCUT2D eigenvalue weighted by Gasteiger charge is -2.30. The van der Waals surface area contributed by atoms with Crippen LogP contribution >= 0.6 is 0 Å². The van der Waals surface area contributed by atoms with Gasteiger partial charge >= 0.3 is 0 Å². The van der Waals surface area contributed by atoms with Gasteiger partial charge in [0.1, 0.15) is 5.25 Å². The molecule has 0 aromatic heterocycles.